The molecule has 10 heteroatoms. The van der Waals surface area contributed by atoms with E-state index in [4.69, 9.17) is 4.74 Å². The summed E-state index contributed by atoms with van der Waals surface area (Å²) in [4.78, 5) is 44.1. The maximum Gasteiger partial charge on any atom is 0.274 e. The molecule has 0 bridgehead atoms. The van der Waals surface area contributed by atoms with Gasteiger partial charge in [-0.3, -0.25) is 19.1 Å². The van der Waals surface area contributed by atoms with Crippen molar-refractivity contribution in [2.45, 2.75) is 51.5 Å². The summed E-state index contributed by atoms with van der Waals surface area (Å²) in [5.41, 5.74) is 2.27. The number of likely N-dealkylation sites (tertiary alicyclic amines) is 1. The molecule has 10 nitrogen and oxygen atoms in total. The number of ether oxygens (including phenoxy) is 1. The zero-order valence-corrected chi connectivity index (χ0v) is 20.4. The van der Waals surface area contributed by atoms with Gasteiger partial charge in [-0.25, -0.2) is 0 Å². The molecule has 0 aromatic carbocycles. The van der Waals surface area contributed by atoms with Crippen LogP contribution in [0.5, 0.6) is 0 Å². The Hall–Kier alpha value is -2.46. The number of amides is 3. The van der Waals surface area contributed by atoms with Crippen LogP contribution in [0.1, 0.15) is 60.3 Å². The standard InChI is InChI=1S/C24H38N6O4/c1-27-20-8-13-30(18-19(20)23(26-27)24(33)29-14-16-34-17-15-29)22(32)7-6-21(31)25-9-5-12-28-10-3-2-4-11-28/h2-18H2,1H3,(H,25,31). The molecule has 188 valence electrons. The number of nitrogens with one attached hydrogen (secondary N) is 1. The fraction of sp³-hybridized carbons (Fsp3) is 0.750. The lowest BCUT2D eigenvalue weighted by Crippen LogP contribution is -2.42. The summed E-state index contributed by atoms with van der Waals surface area (Å²) in [7, 11) is 1.85. The maximum atomic E-state index is 13.0. The number of hydrogen-bond acceptors (Lipinski definition) is 6. The van der Waals surface area contributed by atoms with E-state index in [9.17, 15) is 14.4 Å². The average molecular weight is 475 g/mol. The molecule has 34 heavy (non-hydrogen) atoms. The largest absolute Gasteiger partial charge is 0.378 e. The van der Waals surface area contributed by atoms with E-state index in [-0.39, 0.29) is 30.6 Å². The molecule has 0 spiro atoms. The van der Waals surface area contributed by atoms with Crippen LogP contribution in [0.25, 0.3) is 0 Å². The second kappa shape index (κ2) is 11.8. The van der Waals surface area contributed by atoms with Gasteiger partial charge in [0.05, 0.1) is 13.2 Å². The van der Waals surface area contributed by atoms with Crippen molar-refractivity contribution in [1.82, 2.24) is 29.8 Å². The third kappa shape index (κ3) is 6.15. The number of nitrogens with zero attached hydrogens (tertiary/aromatic N) is 5. The summed E-state index contributed by atoms with van der Waals surface area (Å²) in [6.45, 7) is 7.12. The summed E-state index contributed by atoms with van der Waals surface area (Å²) >= 11 is 0. The Morgan fingerprint density at radius 1 is 0.971 bits per heavy atom. The number of aryl methyl sites for hydroxylation is 1. The number of fused-ring (bicyclic) bond motifs is 1. The van der Waals surface area contributed by atoms with E-state index in [0.29, 0.717) is 58.1 Å². The fourth-order valence-corrected chi connectivity index (χ4v) is 5.07. The molecule has 3 amide bonds. The number of piperidine rings is 1. The lowest BCUT2D eigenvalue weighted by atomic mass is 10.0. The van der Waals surface area contributed by atoms with Gasteiger partial charge in [0.25, 0.3) is 5.91 Å². The second-order valence-electron chi connectivity index (χ2n) is 9.47. The highest BCUT2D eigenvalue weighted by atomic mass is 16.5. The number of rotatable bonds is 8. The molecule has 1 aromatic heterocycles. The summed E-state index contributed by atoms with van der Waals surface area (Å²) < 4.78 is 7.12. The quantitative estimate of drug-likeness (QED) is 0.553. The van der Waals surface area contributed by atoms with E-state index in [0.717, 1.165) is 37.3 Å². The minimum Gasteiger partial charge on any atom is -0.378 e. The van der Waals surface area contributed by atoms with Crippen LogP contribution in [0.2, 0.25) is 0 Å². The number of hydrogen-bond donors (Lipinski definition) is 1. The lowest BCUT2D eigenvalue weighted by Gasteiger charge is -2.29. The van der Waals surface area contributed by atoms with Gasteiger partial charge < -0.3 is 24.8 Å². The van der Waals surface area contributed by atoms with Crippen LogP contribution in [0, 0.1) is 0 Å². The molecule has 0 radical (unpaired) electrons. The van der Waals surface area contributed by atoms with Crippen LogP contribution < -0.4 is 5.32 Å². The second-order valence-corrected chi connectivity index (χ2v) is 9.47. The van der Waals surface area contributed by atoms with Crippen molar-refractivity contribution in [3.8, 4) is 0 Å². The molecule has 0 saturated carbocycles. The van der Waals surface area contributed by atoms with E-state index >= 15 is 0 Å². The highest BCUT2D eigenvalue weighted by Gasteiger charge is 2.31. The van der Waals surface area contributed by atoms with E-state index in [1.807, 2.05) is 7.05 Å². The van der Waals surface area contributed by atoms with Crippen molar-refractivity contribution in [3.05, 3.63) is 17.0 Å². The zero-order valence-electron chi connectivity index (χ0n) is 20.4. The van der Waals surface area contributed by atoms with Gasteiger partial charge in [0.2, 0.25) is 11.8 Å². The van der Waals surface area contributed by atoms with Crippen LogP contribution in [0.4, 0.5) is 0 Å². The van der Waals surface area contributed by atoms with E-state index in [2.05, 4.69) is 15.3 Å². The first-order valence-electron chi connectivity index (χ1n) is 12.7. The minimum atomic E-state index is -0.0987. The molecule has 2 saturated heterocycles. The smallest absolute Gasteiger partial charge is 0.274 e. The topological polar surface area (TPSA) is 100 Å². The summed E-state index contributed by atoms with van der Waals surface area (Å²) in [5, 5.41) is 7.44. The number of carbonyl (C=O) groups is 3. The Kier molecular flexibility index (Phi) is 8.55. The highest BCUT2D eigenvalue weighted by Crippen LogP contribution is 2.24. The van der Waals surface area contributed by atoms with Crippen LogP contribution in [0.15, 0.2) is 0 Å². The van der Waals surface area contributed by atoms with Crippen molar-refractivity contribution in [3.63, 3.8) is 0 Å². The third-order valence-electron chi connectivity index (χ3n) is 7.08. The SMILES string of the molecule is Cn1nc(C(=O)N2CCOCC2)c2c1CCN(C(=O)CCC(=O)NCCCN1CCCCC1)C2. The number of aromatic nitrogens is 2. The molecule has 2 fully saturated rings. The van der Waals surface area contributed by atoms with E-state index in [1.54, 1.807) is 14.5 Å². The van der Waals surface area contributed by atoms with Gasteiger partial charge in [0.15, 0.2) is 5.69 Å². The summed E-state index contributed by atoms with van der Waals surface area (Å²) in [6.07, 6.45) is 5.84. The Morgan fingerprint density at radius 2 is 1.74 bits per heavy atom. The predicted octanol–water partition coefficient (Wildman–Crippen LogP) is 0.550. The van der Waals surface area contributed by atoms with Crippen LogP contribution in [-0.2, 0) is 34.3 Å². The first-order chi connectivity index (χ1) is 16.5. The predicted molar refractivity (Wildman–Crippen MR) is 126 cm³/mol. The van der Waals surface area contributed by atoms with Crippen LogP contribution >= 0.6 is 0 Å². The van der Waals surface area contributed by atoms with Gasteiger partial charge in [-0.15, -0.1) is 0 Å². The first-order valence-corrected chi connectivity index (χ1v) is 12.7. The van der Waals surface area contributed by atoms with Gasteiger partial charge in [0, 0.05) is 70.3 Å². The molecule has 0 atom stereocenters. The molecule has 4 rings (SSSR count). The van der Waals surface area contributed by atoms with Crippen molar-refractivity contribution in [2.24, 2.45) is 7.05 Å². The molecular weight excluding hydrogens is 436 g/mol. The Balaban J connectivity index is 1.23. The number of carbonyl (C=O) groups excluding carboxylic acids is 3. The van der Waals surface area contributed by atoms with Gasteiger partial charge in [-0.2, -0.15) is 5.10 Å². The Labute approximate surface area is 201 Å². The van der Waals surface area contributed by atoms with Gasteiger partial charge in [-0.05, 0) is 38.9 Å². The first kappa shape index (κ1) is 24.7. The summed E-state index contributed by atoms with van der Waals surface area (Å²) in [5.74, 6) is -0.227. The summed E-state index contributed by atoms with van der Waals surface area (Å²) in [6, 6.07) is 0. The average Bonchev–Trinajstić information content (AvgIpc) is 3.21. The third-order valence-corrected chi connectivity index (χ3v) is 7.08. The fourth-order valence-electron chi connectivity index (χ4n) is 5.07. The minimum absolute atomic E-state index is 0.0530. The molecular formula is C24H38N6O4. The molecule has 0 unspecified atom stereocenters. The van der Waals surface area contributed by atoms with E-state index < -0.39 is 0 Å². The Morgan fingerprint density at radius 3 is 2.50 bits per heavy atom. The van der Waals surface area contributed by atoms with Gasteiger partial charge in [-0.1, -0.05) is 6.42 Å². The normalized spacial score (nSPS) is 19.1. The zero-order chi connectivity index (χ0) is 23.9. The molecule has 4 heterocycles. The lowest BCUT2D eigenvalue weighted by molar-refractivity contribution is -0.134. The molecule has 0 aliphatic carbocycles. The van der Waals surface area contributed by atoms with Crippen molar-refractivity contribution in [2.75, 3.05) is 59.0 Å². The molecule has 3 aliphatic rings. The molecule has 1 N–H and O–H groups in total. The molecule has 1 aromatic rings. The molecule has 3 aliphatic heterocycles. The van der Waals surface area contributed by atoms with Crippen LogP contribution in [0.3, 0.4) is 0 Å². The Bertz CT molecular complexity index is 873. The monoisotopic (exact) mass is 474 g/mol. The van der Waals surface area contributed by atoms with E-state index in [1.165, 1.54) is 19.3 Å². The number of morpholine rings is 1. The van der Waals surface area contributed by atoms with Crippen LogP contribution in [-0.4, -0.2) is 101 Å². The van der Waals surface area contributed by atoms with Crippen molar-refractivity contribution in [1.29, 1.82) is 0 Å². The van der Waals surface area contributed by atoms with Gasteiger partial charge >= 0.3 is 0 Å². The van der Waals surface area contributed by atoms with Crippen molar-refractivity contribution >= 4 is 17.7 Å². The highest BCUT2D eigenvalue weighted by molar-refractivity contribution is 5.94. The maximum absolute atomic E-state index is 13.0. The van der Waals surface area contributed by atoms with Crippen molar-refractivity contribution < 1.29 is 19.1 Å². The van der Waals surface area contributed by atoms with Gasteiger partial charge in [0.1, 0.15) is 0 Å².